The molecule has 2 amide bonds. The lowest BCUT2D eigenvalue weighted by Gasteiger charge is -2.26. The molecule has 2 atom stereocenters. The number of carboxylic acid groups (broad SMARTS) is 1. The molecule has 0 aromatic heterocycles. The van der Waals surface area contributed by atoms with Crippen LogP contribution >= 0.6 is 0 Å². The Balaban J connectivity index is 2.65. The number of amides is 2. The van der Waals surface area contributed by atoms with Crippen molar-refractivity contribution in [2.75, 3.05) is 26.7 Å². The highest BCUT2D eigenvalue weighted by molar-refractivity contribution is 5.85. The van der Waals surface area contributed by atoms with E-state index in [1.54, 1.807) is 6.92 Å². The van der Waals surface area contributed by atoms with E-state index in [9.17, 15) is 19.5 Å². The third-order valence-electron chi connectivity index (χ3n) is 2.81. The SMILES string of the molecule is CCOC(=O)CN(C)C(=O)N1C[C@@H](O)C[C@H]1C(=O)O. The van der Waals surface area contributed by atoms with Crippen molar-refractivity contribution in [3.05, 3.63) is 0 Å². The zero-order valence-corrected chi connectivity index (χ0v) is 10.9. The number of nitrogens with zero attached hydrogens (tertiary/aromatic N) is 2. The number of hydrogen-bond acceptors (Lipinski definition) is 5. The highest BCUT2D eigenvalue weighted by atomic mass is 16.5. The lowest BCUT2D eigenvalue weighted by molar-refractivity contribution is -0.143. The summed E-state index contributed by atoms with van der Waals surface area (Å²) in [7, 11) is 1.38. The molecule has 1 rings (SSSR count). The molecule has 0 aromatic rings. The third-order valence-corrected chi connectivity index (χ3v) is 2.81. The van der Waals surface area contributed by atoms with Gasteiger partial charge in [-0.15, -0.1) is 0 Å². The van der Waals surface area contributed by atoms with Gasteiger partial charge in [-0.1, -0.05) is 0 Å². The number of aliphatic hydroxyl groups is 1. The van der Waals surface area contributed by atoms with Gasteiger partial charge < -0.3 is 24.7 Å². The topological polar surface area (TPSA) is 107 Å². The smallest absolute Gasteiger partial charge is 0.326 e. The zero-order chi connectivity index (χ0) is 14.6. The first-order valence-corrected chi connectivity index (χ1v) is 5.95. The number of aliphatic carboxylic acids is 1. The summed E-state index contributed by atoms with van der Waals surface area (Å²) in [4.78, 5) is 36.4. The van der Waals surface area contributed by atoms with Crippen LogP contribution in [0, 0.1) is 0 Å². The van der Waals surface area contributed by atoms with Gasteiger partial charge in [0, 0.05) is 20.0 Å². The van der Waals surface area contributed by atoms with Crippen LogP contribution in [0.2, 0.25) is 0 Å². The monoisotopic (exact) mass is 274 g/mol. The summed E-state index contributed by atoms with van der Waals surface area (Å²) in [6, 6.07) is -1.68. The van der Waals surface area contributed by atoms with Gasteiger partial charge >= 0.3 is 18.0 Å². The average molecular weight is 274 g/mol. The van der Waals surface area contributed by atoms with E-state index in [-0.39, 0.29) is 26.1 Å². The molecule has 8 nitrogen and oxygen atoms in total. The van der Waals surface area contributed by atoms with Gasteiger partial charge in [-0.3, -0.25) is 4.79 Å². The molecule has 8 heteroatoms. The summed E-state index contributed by atoms with van der Waals surface area (Å²) in [6.07, 6.45) is -0.866. The van der Waals surface area contributed by atoms with Crippen LogP contribution in [0.1, 0.15) is 13.3 Å². The highest BCUT2D eigenvalue weighted by Gasteiger charge is 2.40. The van der Waals surface area contributed by atoms with Crippen LogP contribution in [0.3, 0.4) is 0 Å². The average Bonchev–Trinajstić information content (AvgIpc) is 2.70. The first-order chi connectivity index (χ1) is 8.86. The second-order valence-electron chi connectivity index (χ2n) is 4.34. The molecule has 1 aliphatic heterocycles. The van der Waals surface area contributed by atoms with Crippen molar-refractivity contribution in [2.45, 2.75) is 25.5 Å². The lowest BCUT2D eigenvalue weighted by Crippen LogP contribution is -2.48. The standard InChI is InChI=1S/C11H18N2O6/c1-3-19-9(15)6-12(2)11(18)13-5-7(14)4-8(13)10(16)17/h7-8,14H,3-6H2,1-2H3,(H,16,17)/t7-,8-/m0/s1. The van der Waals surface area contributed by atoms with Crippen LogP contribution in [0.25, 0.3) is 0 Å². The number of esters is 1. The molecule has 1 saturated heterocycles. The van der Waals surface area contributed by atoms with Gasteiger partial charge in [0.2, 0.25) is 0 Å². The predicted molar refractivity (Wildman–Crippen MR) is 63.4 cm³/mol. The molecule has 108 valence electrons. The summed E-state index contributed by atoms with van der Waals surface area (Å²) in [5.74, 6) is -1.74. The summed E-state index contributed by atoms with van der Waals surface area (Å²) in [5, 5.41) is 18.4. The van der Waals surface area contributed by atoms with Crippen molar-refractivity contribution < 1.29 is 29.3 Å². The number of rotatable bonds is 4. The number of aliphatic hydroxyl groups excluding tert-OH is 1. The summed E-state index contributed by atoms with van der Waals surface area (Å²) in [6.45, 7) is 1.55. The maximum Gasteiger partial charge on any atom is 0.326 e. The van der Waals surface area contributed by atoms with E-state index in [1.165, 1.54) is 7.05 Å². The Morgan fingerprint density at radius 3 is 2.58 bits per heavy atom. The maximum atomic E-state index is 12.0. The molecule has 0 aromatic carbocycles. The van der Waals surface area contributed by atoms with E-state index < -0.39 is 30.1 Å². The number of β-amino-alcohol motifs (C(OH)–C–C–N with tert-alkyl or cyclic N) is 1. The van der Waals surface area contributed by atoms with Crippen LogP contribution in [-0.4, -0.2) is 76.9 Å². The quantitative estimate of drug-likeness (QED) is 0.645. The molecule has 0 saturated carbocycles. The van der Waals surface area contributed by atoms with Gasteiger partial charge in [-0.05, 0) is 6.92 Å². The molecule has 1 heterocycles. The fourth-order valence-corrected chi connectivity index (χ4v) is 1.95. The van der Waals surface area contributed by atoms with Gasteiger partial charge in [0.05, 0.1) is 12.7 Å². The number of carboxylic acids is 1. The van der Waals surface area contributed by atoms with Crippen molar-refractivity contribution in [1.82, 2.24) is 9.80 Å². The van der Waals surface area contributed by atoms with E-state index in [2.05, 4.69) is 0 Å². The van der Waals surface area contributed by atoms with Crippen molar-refractivity contribution in [3.8, 4) is 0 Å². The lowest BCUT2D eigenvalue weighted by atomic mass is 10.2. The first kappa shape index (κ1) is 15.2. The fraction of sp³-hybridized carbons (Fsp3) is 0.727. The molecular formula is C11H18N2O6. The number of carbonyl (C=O) groups excluding carboxylic acids is 2. The number of carbonyl (C=O) groups is 3. The van der Waals surface area contributed by atoms with Gasteiger partial charge in [-0.2, -0.15) is 0 Å². The van der Waals surface area contributed by atoms with Crippen molar-refractivity contribution in [3.63, 3.8) is 0 Å². The summed E-state index contributed by atoms with van der Waals surface area (Å²) >= 11 is 0. The molecule has 1 aliphatic rings. The molecule has 19 heavy (non-hydrogen) atoms. The minimum absolute atomic E-state index is 0.00564. The molecule has 0 radical (unpaired) electrons. The van der Waals surface area contributed by atoms with E-state index in [4.69, 9.17) is 9.84 Å². The summed E-state index contributed by atoms with van der Waals surface area (Å²) < 4.78 is 4.70. The number of ether oxygens (including phenoxy) is 1. The molecule has 0 spiro atoms. The van der Waals surface area contributed by atoms with E-state index in [0.29, 0.717) is 0 Å². The Morgan fingerprint density at radius 2 is 2.05 bits per heavy atom. The Hall–Kier alpha value is -1.83. The minimum Gasteiger partial charge on any atom is -0.480 e. The number of likely N-dealkylation sites (tertiary alicyclic amines) is 1. The molecule has 1 fully saturated rings. The third kappa shape index (κ3) is 3.82. The molecular weight excluding hydrogens is 256 g/mol. The van der Waals surface area contributed by atoms with Crippen LogP contribution in [0.15, 0.2) is 0 Å². The Morgan fingerprint density at radius 1 is 1.42 bits per heavy atom. The summed E-state index contributed by atoms with van der Waals surface area (Å²) in [5.41, 5.74) is 0. The van der Waals surface area contributed by atoms with Crippen molar-refractivity contribution >= 4 is 18.0 Å². The number of likely N-dealkylation sites (N-methyl/N-ethyl adjacent to an activating group) is 1. The van der Waals surface area contributed by atoms with Crippen LogP contribution in [0.4, 0.5) is 4.79 Å². The zero-order valence-electron chi connectivity index (χ0n) is 10.9. The normalized spacial score (nSPS) is 22.2. The Labute approximate surface area is 110 Å². The van der Waals surface area contributed by atoms with Gasteiger partial charge in [-0.25, -0.2) is 9.59 Å². The first-order valence-electron chi connectivity index (χ1n) is 5.95. The Kier molecular flexibility index (Phi) is 5.11. The highest BCUT2D eigenvalue weighted by Crippen LogP contribution is 2.19. The van der Waals surface area contributed by atoms with Gasteiger partial charge in [0.1, 0.15) is 12.6 Å². The second kappa shape index (κ2) is 6.37. The maximum absolute atomic E-state index is 12.0. The largest absolute Gasteiger partial charge is 0.480 e. The molecule has 0 unspecified atom stereocenters. The van der Waals surface area contributed by atoms with Gasteiger partial charge in [0.25, 0.3) is 0 Å². The molecule has 0 aliphatic carbocycles. The van der Waals surface area contributed by atoms with Crippen molar-refractivity contribution in [2.24, 2.45) is 0 Å². The fourth-order valence-electron chi connectivity index (χ4n) is 1.95. The van der Waals surface area contributed by atoms with E-state index >= 15 is 0 Å². The minimum atomic E-state index is -1.17. The van der Waals surface area contributed by atoms with Gasteiger partial charge in [0.15, 0.2) is 0 Å². The van der Waals surface area contributed by atoms with E-state index in [1.807, 2.05) is 0 Å². The van der Waals surface area contributed by atoms with E-state index in [0.717, 1.165) is 9.80 Å². The van der Waals surface area contributed by atoms with Crippen LogP contribution in [0.5, 0.6) is 0 Å². The predicted octanol–water partition coefficient (Wildman–Crippen LogP) is -0.879. The number of urea groups is 1. The molecule has 2 N–H and O–H groups in total. The van der Waals surface area contributed by atoms with Crippen molar-refractivity contribution in [1.29, 1.82) is 0 Å². The number of hydrogen-bond donors (Lipinski definition) is 2. The van der Waals surface area contributed by atoms with Crippen LogP contribution < -0.4 is 0 Å². The Bertz CT molecular complexity index is 372. The second-order valence-corrected chi connectivity index (χ2v) is 4.34. The van der Waals surface area contributed by atoms with Crippen LogP contribution in [-0.2, 0) is 14.3 Å². The molecule has 0 bridgehead atoms.